The first-order valence-electron chi connectivity index (χ1n) is 5.20. The van der Waals surface area contributed by atoms with Gasteiger partial charge in [-0.3, -0.25) is 9.89 Å². The predicted octanol–water partition coefficient (Wildman–Crippen LogP) is 2.80. The third-order valence-electron chi connectivity index (χ3n) is 2.64. The molecule has 84 valence electrons. The molecule has 0 aliphatic rings. The van der Waals surface area contributed by atoms with Crippen molar-refractivity contribution >= 4 is 15.9 Å². The predicted molar refractivity (Wildman–Crippen MR) is 68.2 cm³/mol. The molecule has 0 spiro atoms. The molecule has 0 fully saturated rings. The maximum absolute atomic E-state index is 12.1. The van der Waals surface area contributed by atoms with Crippen molar-refractivity contribution < 1.29 is 0 Å². The molecule has 0 aliphatic carbocycles. The number of hydrogen-bond acceptors (Lipinski definition) is 1. The number of H-pyrrole nitrogens is 1. The lowest BCUT2D eigenvalue weighted by molar-refractivity contribution is 0.830. The van der Waals surface area contributed by atoms with Crippen LogP contribution in [0.3, 0.4) is 0 Å². The minimum absolute atomic E-state index is 0.0342. The molecule has 0 amide bonds. The van der Waals surface area contributed by atoms with Gasteiger partial charge in [-0.25, -0.2) is 4.68 Å². The topological polar surface area (TPSA) is 37.8 Å². The summed E-state index contributed by atoms with van der Waals surface area (Å²) < 4.78 is 2.49. The second-order valence-electron chi connectivity index (χ2n) is 3.66. The molecule has 4 heteroatoms. The van der Waals surface area contributed by atoms with Crippen LogP contribution in [0.25, 0.3) is 5.69 Å². The molecule has 0 aliphatic heterocycles. The lowest BCUT2D eigenvalue weighted by Crippen LogP contribution is -2.17. The number of aryl methyl sites for hydroxylation is 1. The zero-order valence-corrected chi connectivity index (χ0v) is 10.8. The van der Waals surface area contributed by atoms with Gasteiger partial charge in [-0.2, -0.15) is 0 Å². The van der Waals surface area contributed by atoms with Gasteiger partial charge in [0.2, 0.25) is 0 Å². The van der Waals surface area contributed by atoms with Crippen LogP contribution in [0, 0.1) is 6.92 Å². The van der Waals surface area contributed by atoms with Crippen LogP contribution >= 0.6 is 15.9 Å². The summed E-state index contributed by atoms with van der Waals surface area (Å²) in [5.41, 5.74) is 2.65. The molecule has 0 unspecified atom stereocenters. The van der Waals surface area contributed by atoms with Crippen molar-refractivity contribution in [3.63, 3.8) is 0 Å². The number of rotatable bonds is 2. The molecule has 0 saturated heterocycles. The first kappa shape index (κ1) is 11.2. The summed E-state index contributed by atoms with van der Waals surface area (Å²) >= 11 is 3.44. The third kappa shape index (κ3) is 1.73. The van der Waals surface area contributed by atoms with Gasteiger partial charge in [0.1, 0.15) is 0 Å². The van der Waals surface area contributed by atoms with Crippen molar-refractivity contribution in [2.45, 2.75) is 20.3 Å². The largest absolute Gasteiger partial charge is 0.295 e. The molecule has 1 heterocycles. The van der Waals surface area contributed by atoms with E-state index in [0.717, 1.165) is 27.8 Å². The first-order valence-corrected chi connectivity index (χ1v) is 5.99. The highest BCUT2D eigenvalue weighted by molar-refractivity contribution is 9.10. The Labute approximate surface area is 102 Å². The fourth-order valence-corrected chi connectivity index (χ4v) is 2.26. The normalized spacial score (nSPS) is 10.7. The van der Waals surface area contributed by atoms with Crippen molar-refractivity contribution in [3.8, 4) is 5.69 Å². The summed E-state index contributed by atoms with van der Waals surface area (Å²) in [6.45, 7) is 3.91. The molecular weight excluding hydrogens is 268 g/mol. The Kier molecular flexibility index (Phi) is 3.01. The Hall–Kier alpha value is -1.29. The van der Waals surface area contributed by atoms with E-state index in [1.807, 2.05) is 38.1 Å². The maximum Gasteiger partial charge on any atom is 0.274 e. The van der Waals surface area contributed by atoms with Crippen molar-refractivity contribution in [1.82, 2.24) is 9.78 Å². The molecule has 0 atom stereocenters. The van der Waals surface area contributed by atoms with Gasteiger partial charge < -0.3 is 0 Å². The van der Waals surface area contributed by atoms with Gasteiger partial charge in [0, 0.05) is 15.7 Å². The Morgan fingerprint density at radius 2 is 2.06 bits per heavy atom. The fourth-order valence-electron chi connectivity index (χ4n) is 1.80. The Morgan fingerprint density at radius 3 is 2.62 bits per heavy atom. The number of nitrogens with zero attached hydrogens (tertiary/aromatic N) is 1. The zero-order valence-electron chi connectivity index (χ0n) is 9.25. The lowest BCUT2D eigenvalue weighted by atomic mass is 10.2. The van der Waals surface area contributed by atoms with E-state index in [1.54, 1.807) is 4.68 Å². The second-order valence-corrected chi connectivity index (χ2v) is 4.52. The van der Waals surface area contributed by atoms with E-state index < -0.39 is 0 Å². The van der Waals surface area contributed by atoms with Crippen LogP contribution in [0.4, 0.5) is 0 Å². The molecule has 16 heavy (non-hydrogen) atoms. The standard InChI is InChI=1S/C12H13BrN2O/c1-3-9-8(2)14-15(12(9)16)11-7-5-4-6-10(11)13/h4-7,14H,3H2,1-2H3. The van der Waals surface area contributed by atoms with Crippen LogP contribution in [0.2, 0.25) is 0 Å². The van der Waals surface area contributed by atoms with Crippen LogP contribution < -0.4 is 5.56 Å². The maximum atomic E-state index is 12.1. The number of aromatic amines is 1. The molecule has 2 aromatic rings. The second kappa shape index (κ2) is 4.29. The van der Waals surface area contributed by atoms with Gasteiger partial charge in [0.05, 0.1) is 5.69 Å². The van der Waals surface area contributed by atoms with Crippen molar-refractivity contribution in [3.05, 3.63) is 50.3 Å². The van der Waals surface area contributed by atoms with Gasteiger partial charge in [-0.1, -0.05) is 19.1 Å². The van der Waals surface area contributed by atoms with E-state index in [-0.39, 0.29) is 5.56 Å². The number of halogens is 1. The number of hydrogen-bond donors (Lipinski definition) is 1. The minimum atomic E-state index is 0.0342. The van der Waals surface area contributed by atoms with E-state index in [4.69, 9.17) is 0 Å². The third-order valence-corrected chi connectivity index (χ3v) is 3.31. The Morgan fingerprint density at radius 1 is 1.38 bits per heavy atom. The first-order chi connectivity index (χ1) is 7.65. The molecule has 2 rings (SSSR count). The van der Waals surface area contributed by atoms with Crippen molar-refractivity contribution in [2.24, 2.45) is 0 Å². The van der Waals surface area contributed by atoms with Crippen molar-refractivity contribution in [1.29, 1.82) is 0 Å². The lowest BCUT2D eigenvalue weighted by Gasteiger charge is -2.03. The summed E-state index contributed by atoms with van der Waals surface area (Å²) in [5.74, 6) is 0. The van der Waals surface area contributed by atoms with E-state index in [2.05, 4.69) is 21.0 Å². The van der Waals surface area contributed by atoms with Crippen LogP contribution in [-0.2, 0) is 6.42 Å². The Balaban J connectivity index is 2.67. The summed E-state index contributed by atoms with van der Waals surface area (Å²) in [4.78, 5) is 12.1. The van der Waals surface area contributed by atoms with Crippen LogP contribution in [0.5, 0.6) is 0 Å². The van der Waals surface area contributed by atoms with E-state index in [0.29, 0.717) is 0 Å². The van der Waals surface area contributed by atoms with E-state index in [1.165, 1.54) is 0 Å². The summed E-state index contributed by atoms with van der Waals surface area (Å²) in [6.07, 6.45) is 0.749. The SMILES string of the molecule is CCc1c(C)[nH]n(-c2ccccc2Br)c1=O. The molecule has 0 radical (unpaired) electrons. The highest BCUT2D eigenvalue weighted by Crippen LogP contribution is 2.19. The quantitative estimate of drug-likeness (QED) is 0.903. The van der Waals surface area contributed by atoms with Gasteiger partial charge >= 0.3 is 0 Å². The number of aromatic nitrogens is 2. The van der Waals surface area contributed by atoms with Gasteiger partial charge in [-0.15, -0.1) is 0 Å². The molecular formula is C12H13BrN2O. The average molecular weight is 281 g/mol. The van der Waals surface area contributed by atoms with Crippen LogP contribution in [0.1, 0.15) is 18.2 Å². The van der Waals surface area contributed by atoms with Crippen LogP contribution in [0.15, 0.2) is 33.5 Å². The summed E-state index contributed by atoms with van der Waals surface area (Å²) in [5, 5.41) is 3.10. The average Bonchev–Trinajstić information content (AvgIpc) is 2.55. The minimum Gasteiger partial charge on any atom is -0.295 e. The van der Waals surface area contributed by atoms with E-state index in [9.17, 15) is 4.79 Å². The molecule has 0 bridgehead atoms. The Bertz CT molecular complexity index is 569. The van der Waals surface area contributed by atoms with Crippen LogP contribution in [-0.4, -0.2) is 9.78 Å². The monoisotopic (exact) mass is 280 g/mol. The van der Waals surface area contributed by atoms with Crippen molar-refractivity contribution in [2.75, 3.05) is 0 Å². The number of nitrogens with one attached hydrogen (secondary N) is 1. The van der Waals surface area contributed by atoms with E-state index >= 15 is 0 Å². The molecule has 1 aromatic heterocycles. The molecule has 3 nitrogen and oxygen atoms in total. The molecule has 1 N–H and O–H groups in total. The molecule has 1 aromatic carbocycles. The summed E-state index contributed by atoms with van der Waals surface area (Å²) in [7, 11) is 0. The summed E-state index contributed by atoms with van der Waals surface area (Å²) in [6, 6.07) is 7.66. The van der Waals surface area contributed by atoms with Gasteiger partial charge in [0.15, 0.2) is 0 Å². The highest BCUT2D eigenvalue weighted by atomic mass is 79.9. The van der Waals surface area contributed by atoms with Gasteiger partial charge in [-0.05, 0) is 41.4 Å². The smallest absolute Gasteiger partial charge is 0.274 e. The fraction of sp³-hybridized carbons (Fsp3) is 0.250. The number of benzene rings is 1. The van der Waals surface area contributed by atoms with Gasteiger partial charge in [0.25, 0.3) is 5.56 Å². The highest BCUT2D eigenvalue weighted by Gasteiger charge is 2.11. The number of para-hydroxylation sites is 1. The zero-order chi connectivity index (χ0) is 11.7. The molecule has 0 saturated carbocycles.